The maximum atomic E-state index is 11.6. The Morgan fingerprint density at radius 1 is 1.38 bits per heavy atom. The van der Waals surface area contributed by atoms with Gasteiger partial charge in [-0.05, 0) is 36.9 Å². The fourth-order valence-electron chi connectivity index (χ4n) is 1.76. The van der Waals surface area contributed by atoms with Gasteiger partial charge in [0.05, 0.1) is 6.42 Å². The summed E-state index contributed by atoms with van der Waals surface area (Å²) in [4.78, 5) is 14.7. The molecule has 0 saturated carbocycles. The highest BCUT2D eigenvalue weighted by Crippen LogP contribution is 2.14. The molecule has 0 atom stereocenters. The molecule has 1 aromatic carbocycles. The largest absolute Gasteiger partial charge is 0.361 e. The molecule has 0 fully saturated rings. The molecule has 0 spiro atoms. The average molecular weight is 216 g/mol. The molecule has 1 aromatic heterocycles. The first-order chi connectivity index (χ1) is 7.65. The van der Waals surface area contributed by atoms with Crippen LogP contribution in [0.5, 0.6) is 0 Å². The molecule has 0 aliphatic rings. The lowest BCUT2D eigenvalue weighted by Crippen LogP contribution is -2.31. The first-order valence-electron chi connectivity index (χ1n) is 5.50. The van der Waals surface area contributed by atoms with Crippen LogP contribution in [0, 0.1) is 0 Å². The van der Waals surface area contributed by atoms with Crippen LogP contribution < -0.4 is 5.32 Å². The van der Waals surface area contributed by atoms with Gasteiger partial charge in [0.2, 0.25) is 5.91 Å². The number of rotatable bonds is 3. The van der Waals surface area contributed by atoms with Crippen molar-refractivity contribution in [2.45, 2.75) is 26.3 Å². The molecule has 2 rings (SSSR count). The van der Waals surface area contributed by atoms with Crippen molar-refractivity contribution < 1.29 is 4.79 Å². The molecule has 0 unspecified atom stereocenters. The summed E-state index contributed by atoms with van der Waals surface area (Å²) in [5, 5.41) is 4.06. The Bertz CT molecular complexity index is 499. The zero-order valence-corrected chi connectivity index (χ0v) is 9.58. The third-order valence-corrected chi connectivity index (χ3v) is 2.43. The number of carbonyl (C=O) groups excluding carboxylic acids is 1. The average Bonchev–Trinajstić information content (AvgIpc) is 2.63. The van der Waals surface area contributed by atoms with Crippen LogP contribution in [0.25, 0.3) is 10.9 Å². The SMILES string of the molecule is CC(C)NC(=O)Cc1ccc2cc[nH]c2c1. The fourth-order valence-corrected chi connectivity index (χ4v) is 1.76. The van der Waals surface area contributed by atoms with E-state index >= 15 is 0 Å². The van der Waals surface area contributed by atoms with Crippen molar-refractivity contribution in [2.24, 2.45) is 0 Å². The number of hydrogen-bond donors (Lipinski definition) is 2. The van der Waals surface area contributed by atoms with E-state index in [9.17, 15) is 4.79 Å². The molecule has 84 valence electrons. The predicted octanol–water partition coefficient (Wildman–Crippen LogP) is 2.23. The van der Waals surface area contributed by atoms with Crippen LogP contribution in [0.15, 0.2) is 30.5 Å². The summed E-state index contributed by atoms with van der Waals surface area (Å²) in [5.74, 6) is 0.0703. The van der Waals surface area contributed by atoms with Crippen molar-refractivity contribution in [3.8, 4) is 0 Å². The van der Waals surface area contributed by atoms with Crippen molar-refractivity contribution in [1.29, 1.82) is 0 Å². The van der Waals surface area contributed by atoms with E-state index in [1.54, 1.807) is 0 Å². The molecule has 1 amide bonds. The van der Waals surface area contributed by atoms with Crippen molar-refractivity contribution in [1.82, 2.24) is 10.3 Å². The molecular weight excluding hydrogens is 200 g/mol. The topological polar surface area (TPSA) is 44.9 Å². The van der Waals surface area contributed by atoms with Gasteiger partial charge in [-0.25, -0.2) is 0 Å². The van der Waals surface area contributed by atoms with Gasteiger partial charge in [-0.3, -0.25) is 4.79 Å². The second-order valence-corrected chi connectivity index (χ2v) is 4.30. The van der Waals surface area contributed by atoms with Crippen LogP contribution >= 0.6 is 0 Å². The minimum absolute atomic E-state index is 0.0703. The zero-order valence-electron chi connectivity index (χ0n) is 9.58. The highest BCUT2D eigenvalue weighted by molar-refractivity contribution is 5.83. The third kappa shape index (κ3) is 2.42. The van der Waals surface area contributed by atoms with Crippen molar-refractivity contribution in [2.75, 3.05) is 0 Å². The highest BCUT2D eigenvalue weighted by atomic mass is 16.1. The van der Waals surface area contributed by atoms with E-state index in [0.29, 0.717) is 6.42 Å². The third-order valence-electron chi connectivity index (χ3n) is 2.43. The summed E-state index contributed by atoms with van der Waals surface area (Å²) in [6.45, 7) is 3.93. The summed E-state index contributed by atoms with van der Waals surface area (Å²) in [6.07, 6.45) is 2.34. The predicted molar refractivity (Wildman–Crippen MR) is 65.3 cm³/mol. The molecule has 3 nitrogen and oxygen atoms in total. The molecule has 0 saturated heterocycles. The van der Waals surface area contributed by atoms with E-state index < -0.39 is 0 Å². The van der Waals surface area contributed by atoms with Crippen molar-refractivity contribution >= 4 is 16.8 Å². The Kier molecular flexibility index (Phi) is 2.95. The Morgan fingerprint density at radius 3 is 2.94 bits per heavy atom. The molecule has 2 aromatic rings. The molecule has 0 aliphatic carbocycles. The van der Waals surface area contributed by atoms with Crippen LogP contribution in [-0.2, 0) is 11.2 Å². The molecule has 0 radical (unpaired) electrons. The van der Waals surface area contributed by atoms with Gasteiger partial charge in [0.1, 0.15) is 0 Å². The number of nitrogens with one attached hydrogen (secondary N) is 2. The van der Waals surface area contributed by atoms with E-state index in [1.165, 1.54) is 5.39 Å². The highest BCUT2D eigenvalue weighted by Gasteiger charge is 2.05. The van der Waals surface area contributed by atoms with Crippen molar-refractivity contribution in [3.63, 3.8) is 0 Å². The molecule has 16 heavy (non-hydrogen) atoms. The minimum Gasteiger partial charge on any atom is -0.361 e. The van der Waals surface area contributed by atoms with Crippen LogP contribution in [-0.4, -0.2) is 16.9 Å². The van der Waals surface area contributed by atoms with E-state index in [0.717, 1.165) is 11.1 Å². The molecular formula is C13H16N2O. The van der Waals surface area contributed by atoms with Gasteiger partial charge in [0.15, 0.2) is 0 Å². The number of hydrogen-bond acceptors (Lipinski definition) is 1. The van der Waals surface area contributed by atoms with Gasteiger partial charge < -0.3 is 10.3 Å². The Morgan fingerprint density at radius 2 is 2.19 bits per heavy atom. The first-order valence-corrected chi connectivity index (χ1v) is 5.50. The number of H-pyrrole nitrogens is 1. The minimum atomic E-state index is 0.0703. The molecule has 0 bridgehead atoms. The second-order valence-electron chi connectivity index (χ2n) is 4.30. The maximum absolute atomic E-state index is 11.6. The molecule has 3 heteroatoms. The van der Waals surface area contributed by atoms with Gasteiger partial charge in [-0.15, -0.1) is 0 Å². The lowest BCUT2D eigenvalue weighted by Gasteiger charge is -2.08. The van der Waals surface area contributed by atoms with E-state index in [1.807, 2.05) is 44.3 Å². The lowest BCUT2D eigenvalue weighted by molar-refractivity contribution is -0.120. The monoisotopic (exact) mass is 216 g/mol. The fraction of sp³-hybridized carbons (Fsp3) is 0.308. The first kappa shape index (κ1) is 10.7. The molecule has 1 heterocycles. The smallest absolute Gasteiger partial charge is 0.224 e. The normalized spacial score (nSPS) is 10.9. The number of benzene rings is 1. The molecule has 0 aliphatic heterocycles. The maximum Gasteiger partial charge on any atom is 0.224 e. The Labute approximate surface area is 94.9 Å². The van der Waals surface area contributed by atoms with E-state index in [-0.39, 0.29) is 11.9 Å². The second kappa shape index (κ2) is 4.39. The van der Waals surface area contributed by atoms with Gasteiger partial charge in [-0.2, -0.15) is 0 Å². The standard InChI is InChI=1S/C13H16N2O/c1-9(2)15-13(16)8-10-3-4-11-5-6-14-12(11)7-10/h3-7,9,14H,8H2,1-2H3,(H,15,16). The number of carbonyl (C=O) groups is 1. The Hall–Kier alpha value is -1.77. The summed E-state index contributed by atoms with van der Waals surface area (Å²) < 4.78 is 0. The number of amides is 1. The Balaban J connectivity index is 2.11. The number of fused-ring (bicyclic) bond motifs is 1. The number of aromatic nitrogens is 1. The van der Waals surface area contributed by atoms with Gasteiger partial charge in [-0.1, -0.05) is 12.1 Å². The van der Waals surface area contributed by atoms with Gasteiger partial charge >= 0.3 is 0 Å². The van der Waals surface area contributed by atoms with Crippen LogP contribution in [0.2, 0.25) is 0 Å². The summed E-state index contributed by atoms with van der Waals surface area (Å²) in [7, 11) is 0. The zero-order chi connectivity index (χ0) is 11.5. The summed E-state index contributed by atoms with van der Waals surface area (Å²) in [5.41, 5.74) is 2.11. The van der Waals surface area contributed by atoms with Crippen LogP contribution in [0.1, 0.15) is 19.4 Å². The van der Waals surface area contributed by atoms with E-state index in [2.05, 4.69) is 10.3 Å². The van der Waals surface area contributed by atoms with Gasteiger partial charge in [0.25, 0.3) is 0 Å². The lowest BCUT2D eigenvalue weighted by atomic mass is 10.1. The number of aromatic amines is 1. The van der Waals surface area contributed by atoms with E-state index in [4.69, 9.17) is 0 Å². The molecule has 2 N–H and O–H groups in total. The van der Waals surface area contributed by atoms with Gasteiger partial charge in [0, 0.05) is 17.8 Å². The van der Waals surface area contributed by atoms with Crippen molar-refractivity contribution in [3.05, 3.63) is 36.0 Å². The van der Waals surface area contributed by atoms with Crippen LogP contribution in [0.4, 0.5) is 0 Å². The van der Waals surface area contributed by atoms with Crippen LogP contribution in [0.3, 0.4) is 0 Å². The quantitative estimate of drug-likeness (QED) is 0.812. The summed E-state index contributed by atoms with van der Waals surface area (Å²) >= 11 is 0. The summed E-state index contributed by atoms with van der Waals surface area (Å²) in [6, 6.07) is 8.27.